The van der Waals surface area contributed by atoms with E-state index in [2.05, 4.69) is 20.3 Å². The maximum atomic E-state index is 12.5. The summed E-state index contributed by atoms with van der Waals surface area (Å²) < 4.78 is 5.97. The summed E-state index contributed by atoms with van der Waals surface area (Å²) in [6.07, 6.45) is 7.75. The second-order valence-corrected chi connectivity index (χ2v) is 7.60. The fourth-order valence-corrected chi connectivity index (χ4v) is 3.78. The van der Waals surface area contributed by atoms with Crippen LogP contribution in [0.2, 0.25) is 0 Å². The number of likely N-dealkylation sites (tertiary alicyclic amines) is 1. The van der Waals surface area contributed by atoms with Gasteiger partial charge in [0.25, 0.3) is 5.91 Å². The molecule has 0 saturated carbocycles. The van der Waals surface area contributed by atoms with Crippen LogP contribution in [-0.4, -0.2) is 57.0 Å². The van der Waals surface area contributed by atoms with Crippen molar-refractivity contribution in [1.29, 1.82) is 0 Å². The van der Waals surface area contributed by atoms with Gasteiger partial charge in [-0.1, -0.05) is 0 Å². The number of nitrogens with one attached hydrogen (secondary N) is 1. The van der Waals surface area contributed by atoms with E-state index in [4.69, 9.17) is 4.74 Å². The summed E-state index contributed by atoms with van der Waals surface area (Å²) >= 11 is 0. The Hall–Kier alpha value is -2.87. The van der Waals surface area contributed by atoms with Crippen molar-refractivity contribution < 1.29 is 14.3 Å². The minimum absolute atomic E-state index is 0.0182. The SMILES string of the molecule is Cc1cnc(C(=O)N2CC3(CC(CC(=O)NCc4ccncc4)CO3)C2)cn1. The maximum absolute atomic E-state index is 12.5. The van der Waals surface area contributed by atoms with Gasteiger partial charge in [-0.2, -0.15) is 0 Å². The lowest BCUT2D eigenvalue weighted by Gasteiger charge is -2.47. The molecule has 2 amide bonds. The molecule has 1 N–H and O–H groups in total. The van der Waals surface area contributed by atoms with Gasteiger partial charge in [0.15, 0.2) is 0 Å². The predicted octanol–water partition coefficient (Wildman–Crippen LogP) is 1.12. The van der Waals surface area contributed by atoms with Crippen molar-refractivity contribution in [2.24, 2.45) is 5.92 Å². The number of hydrogen-bond donors (Lipinski definition) is 1. The number of carbonyl (C=O) groups excluding carboxylic acids is 2. The van der Waals surface area contributed by atoms with E-state index in [1.54, 1.807) is 23.5 Å². The van der Waals surface area contributed by atoms with Crippen LogP contribution in [0.5, 0.6) is 0 Å². The zero-order chi connectivity index (χ0) is 19.6. The first-order valence-corrected chi connectivity index (χ1v) is 9.40. The molecule has 4 heterocycles. The third-order valence-corrected chi connectivity index (χ3v) is 5.24. The minimum Gasteiger partial charge on any atom is -0.371 e. The first-order chi connectivity index (χ1) is 13.5. The number of hydrogen-bond acceptors (Lipinski definition) is 6. The Morgan fingerprint density at radius 1 is 1.25 bits per heavy atom. The summed E-state index contributed by atoms with van der Waals surface area (Å²) in [5, 5.41) is 2.94. The van der Waals surface area contributed by atoms with Gasteiger partial charge in [0, 0.05) is 31.6 Å². The van der Waals surface area contributed by atoms with Crippen LogP contribution in [0.1, 0.15) is 34.6 Å². The average Bonchev–Trinajstić information content (AvgIpc) is 3.10. The van der Waals surface area contributed by atoms with Gasteiger partial charge in [-0.05, 0) is 37.0 Å². The zero-order valence-electron chi connectivity index (χ0n) is 15.8. The molecule has 2 aromatic heterocycles. The van der Waals surface area contributed by atoms with Crippen LogP contribution in [-0.2, 0) is 16.1 Å². The smallest absolute Gasteiger partial charge is 0.274 e. The van der Waals surface area contributed by atoms with E-state index in [-0.39, 0.29) is 23.3 Å². The summed E-state index contributed by atoms with van der Waals surface area (Å²) in [6.45, 7) is 3.96. The van der Waals surface area contributed by atoms with Crippen molar-refractivity contribution in [3.63, 3.8) is 0 Å². The van der Waals surface area contributed by atoms with E-state index < -0.39 is 0 Å². The van der Waals surface area contributed by atoms with Gasteiger partial charge in [-0.15, -0.1) is 0 Å². The molecule has 2 aliphatic rings. The highest BCUT2D eigenvalue weighted by Gasteiger charge is 2.51. The van der Waals surface area contributed by atoms with Gasteiger partial charge in [0.1, 0.15) is 11.3 Å². The predicted molar refractivity (Wildman–Crippen MR) is 100 cm³/mol. The molecule has 2 aliphatic heterocycles. The molecule has 2 aromatic rings. The Balaban J connectivity index is 1.23. The summed E-state index contributed by atoms with van der Waals surface area (Å²) in [4.78, 5) is 38.6. The van der Waals surface area contributed by atoms with Gasteiger partial charge < -0.3 is 15.0 Å². The number of ether oxygens (including phenoxy) is 1. The molecule has 0 radical (unpaired) electrons. The fraction of sp³-hybridized carbons (Fsp3) is 0.450. The van der Waals surface area contributed by atoms with Crippen molar-refractivity contribution in [3.8, 4) is 0 Å². The molecule has 146 valence electrons. The van der Waals surface area contributed by atoms with Crippen molar-refractivity contribution in [1.82, 2.24) is 25.2 Å². The first kappa shape index (κ1) is 18.5. The van der Waals surface area contributed by atoms with Crippen molar-refractivity contribution >= 4 is 11.8 Å². The number of rotatable bonds is 5. The van der Waals surface area contributed by atoms with E-state index >= 15 is 0 Å². The number of amides is 2. The Morgan fingerprint density at radius 3 is 2.75 bits per heavy atom. The highest BCUT2D eigenvalue weighted by atomic mass is 16.5. The maximum Gasteiger partial charge on any atom is 0.274 e. The average molecular weight is 381 g/mol. The van der Waals surface area contributed by atoms with Crippen LogP contribution in [0.3, 0.4) is 0 Å². The Labute approximate surface area is 163 Å². The van der Waals surface area contributed by atoms with Crippen LogP contribution in [0.25, 0.3) is 0 Å². The summed E-state index contributed by atoms with van der Waals surface area (Å²) in [5.74, 6) is 0.0683. The fourth-order valence-electron chi connectivity index (χ4n) is 3.78. The number of pyridine rings is 1. The Bertz CT molecular complexity index is 850. The monoisotopic (exact) mass is 381 g/mol. The molecule has 1 atom stereocenters. The molecule has 4 rings (SSSR count). The van der Waals surface area contributed by atoms with Crippen LogP contribution < -0.4 is 5.32 Å². The summed E-state index contributed by atoms with van der Waals surface area (Å²) in [5.41, 5.74) is 1.84. The second kappa shape index (κ2) is 7.63. The number of nitrogens with zero attached hydrogens (tertiary/aromatic N) is 4. The standard InChI is InChI=1S/C20H23N5O3/c1-14-8-23-17(10-22-14)19(27)25-12-20(13-25)7-16(11-28-20)6-18(26)24-9-15-2-4-21-5-3-15/h2-5,8,10,16H,6-7,9,11-13H2,1H3,(H,24,26). The molecule has 2 fully saturated rings. The molecule has 8 heteroatoms. The van der Waals surface area contributed by atoms with Crippen molar-refractivity contribution in [2.45, 2.75) is 31.9 Å². The number of aryl methyl sites for hydroxylation is 1. The Morgan fingerprint density at radius 2 is 2.04 bits per heavy atom. The number of aromatic nitrogens is 3. The van der Waals surface area contributed by atoms with Crippen LogP contribution >= 0.6 is 0 Å². The largest absolute Gasteiger partial charge is 0.371 e. The minimum atomic E-state index is -0.316. The molecule has 1 spiro atoms. The topological polar surface area (TPSA) is 97.3 Å². The van der Waals surface area contributed by atoms with Gasteiger partial charge in [0.2, 0.25) is 5.91 Å². The summed E-state index contributed by atoms with van der Waals surface area (Å²) in [7, 11) is 0. The molecule has 0 aromatic carbocycles. The normalized spacial score (nSPS) is 20.0. The number of carbonyl (C=O) groups is 2. The van der Waals surface area contributed by atoms with Crippen LogP contribution in [0.15, 0.2) is 36.9 Å². The lowest BCUT2D eigenvalue weighted by Crippen LogP contribution is -2.63. The highest BCUT2D eigenvalue weighted by molar-refractivity contribution is 5.92. The first-order valence-electron chi connectivity index (χ1n) is 9.40. The quantitative estimate of drug-likeness (QED) is 0.834. The van der Waals surface area contributed by atoms with Gasteiger partial charge >= 0.3 is 0 Å². The highest BCUT2D eigenvalue weighted by Crippen LogP contribution is 2.39. The molecule has 2 saturated heterocycles. The van der Waals surface area contributed by atoms with E-state index in [9.17, 15) is 9.59 Å². The lowest BCUT2D eigenvalue weighted by atomic mass is 9.85. The van der Waals surface area contributed by atoms with Gasteiger partial charge in [-0.25, -0.2) is 4.98 Å². The van der Waals surface area contributed by atoms with E-state index in [0.717, 1.165) is 17.7 Å². The third-order valence-electron chi connectivity index (χ3n) is 5.24. The second-order valence-electron chi connectivity index (χ2n) is 7.60. The van der Waals surface area contributed by atoms with E-state index in [1.165, 1.54) is 6.20 Å². The Kier molecular flexibility index (Phi) is 5.04. The van der Waals surface area contributed by atoms with E-state index in [0.29, 0.717) is 38.4 Å². The molecule has 0 bridgehead atoms. The molecule has 1 unspecified atom stereocenters. The van der Waals surface area contributed by atoms with E-state index in [1.807, 2.05) is 19.1 Å². The van der Waals surface area contributed by atoms with Gasteiger partial charge in [-0.3, -0.25) is 19.6 Å². The molecule has 28 heavy (non-hydrogen) atoms. The van der Waals surface area contributed by atoms with Gasteiger partial charge in [0.05, 0.1) is 31.6 Å². The summed E-state index contributed by atoms with van der Waals surface area (Å²) in [6, 6.07) is 3.76. The zero-order valence-corrected chi connectivity index (χ0v) is 15.8. The van der Waals surface area contributed by atoms with Crippen LogP contribution in [0, 0.1) is 12.8 Å². The molecule has 0 aliphatic carbocycles. The molecule has 8 nitrogen and oxygen atoms in total. The van der Waals surface area contributed by atoms with Crippen molar-refractivity contribution in [3.05, 3.63) is 53.9 Å². The molecular weight excluding hydrogens is 358 g/mol. The lowest BCUT2D eigenvalue weighted by molar-refractivity contribution is -0.122. The van der Waals surface area contributed by atoms with Crippen LogP contribution in [0.4, 0.5) is 0 Å². The molecular formula is C20H23N5O3. The third kappa shape index (κ3) is 4.01. The van der Waals surface area contributed by atoms with Crippen molar-refractivity contribution in [2.75, 3.05) is 19.7 Å².